The SMILES string of the molecule is CCC=CCCOc1c(O)c(=O)oc2c(OC(C)C)cccc12. The molecule has 1 N–H and O–H groups in total. The third-order valence-corrected chi connectivity index (χ3v) is 3.12. The van der Waals surface area contributed by atoms with E-state index in [0.717, 1.165) is 6.42 Å². The first-order valence-electron chi connectivity index (χ1n) is 7.77. The molecule has 2 rings (SSSR count). The topological polar surface area (TPSA) is 68.9 Å². The molecular formula is C18H22O5. The average molecular weight is 318 g/mol. The van der Waals surface area contributed by atoms with Crippen molar-refractivity contribution in [3.05, 3.63) is 40.8 Å². The van der Waals surface area contributed by atoms with Crippen molar-refractivity contribution in [3.8, 4) is 17.2 Å². The van der Waals surface area contributed by atoms with Crippen molar-refractivity contribution in [3.63, 3.8) is 0 Å². The molecule has 0 saturated carbocycles. The predicted octanol–water partition coefficient (Wildman–Crippen LogP) is 4.02. The van der Waals surface area contributed by atoms with Crippen molar-refractivity contribution in [2.45, 2.75) is 39.7 Å². The van der Waals surface area contributed by atoms with Gasteiger partial charge >= 0.3 is 5.63 Å². The summed E-state index contributed by atoms with van der Waals surface area (Å²) in [5.74, 6) is 0.0688. The van der Waals surface area contributed by atoms with E-state index in [-0.39, 0.29) is 17.4 Å². The lowest BCUT2D eigenvalue weighted by Crippen LogP contribution is -2.08. The normalized spacial score (nSPS) is 11.5. The standard InChI is InChI=1S/C18H22O5/c1-4-5-6-7-11-21-17-13-9-8-10-14(22-12(2)3)16(13)23-18(20)15(17)19/h5-6,8-10,12,19H,4,7,11H2,1-3H3. The van der Waals surface area contributed by atoms with Gasteiger partial charge in [0.15, 0.2) is 17.1 Å². The number of benzene rings is 1. The van der Waals surface area contributed by atoms with Crippen LogP contribution in [0.4, 0.5) is 0 Å². The maximum absolute atomic E-state index is 11.9. The van der Waals surface area contributed by atoms with Crippen LogP contribution in [0.1, 0.15) is 33.6 Å². The molecule has 0 radical (unpaired) electrons. The lowest BCUT2D eigenvalue weighted by Gasteiger charge is -2.13. The Morgan fingerprint density at radius 1 is 1.30 bits per heavy atom. The zero-order valence-electron chi connectivity index (χ0n) is 13.7. The second kappa shape index (κ2) is 7.72. The quantitative estimate of drug-likeness (QED) is 0.474. The Hall–Kier alpha value is -2.43. The second-order valence-corrected chi connectivity index (χ2v) is 5.38. The molecule has 0 spiro atoms. The number of rotatable bonds is 7. The summed E-state index contributed by atoms with van der Waals surface area (Å²) in [6.07, 6.45) is 5.62. The number of para-hydroxylation sites is 1. The summed E-state index contributed by atoms with van der Waals surface area (Å²) in [5.41, 5.74) is -0.556. The highest BCUT2D eigenvalue weighted by atomic mass is 16.5. The van der Waals surface area contributed by atoms with Crippen LogP contribution in [0.5, 0.6) is 17.2 Å². The summed E-state index contributed by atoms with van der Waals surface area (Å²) >= 11 is 0. The van der Waals surface area contributed by atoms with Crippen LogP contribution in [0.2, 0.25) is 0 Å². The molecule has 0 aliphatic rings. The predicted molar refractivity (Wildman–Crippen MR) is 89.5 cm³/mol. The molecule has 1 heterocycles. The molecule has 5 heteroatoms. The fourth-order valence-corrected chi connectivity index (χ4v) is 2.17. The molecule has 0 unspecified atom stereocenters. The van der Waals surface area contributed by atoms with Crippen LogP contribution in [-0.4, -0.2) is 17.8 Å². The summed E-state index contributed by atoms with van der Waals surface area (Å²) in [5, 5.41) is 10.5. The van der Waals surface area contributed by atoms with Gasteiger partial charge in [-0.05, 0) is 38.8 Å². The minimum atomic E-state index is -0.837. The van der Waals surface area contributed by atoms with E-state index >= 15 is 0 Å². The Morgan fingerprint density at radius 2 is 2.09 bits per heavy atom. The van der Waals surface area contributed by atoms with Crippen molar-refractivity contribution in [2.24, 2.45) is 0 Å². The molecule has 2 aromatic rings. The third-order valence-electron chi connectivity index (χ3n) is 3.12. The fourth-order valence-electron chi connectivity index (χ4n) is 2.17. The molecule has 5 nitrogen and oxygen atoms in total. The largest absolute Gasteiger partial charge is 0.499 e. The monoisotopic (exact) mass is 318 g/mol. The zero-order valence-corrected chi connectivity index (χ0v) is 13.7. The Kier molecular flexibility index (Phi) is 5.68. The molecule has 1 aromatic carbocycles. The molecule has 1 aromatic heterocycles. The van der Waals surface area contributed by atoms with Crippen molar-refractivity contribution in [1.82, 2.24) is 0 Å². The summed E-state index contributed by atoms with van der Waals surface area (Å²) in [6, 6.07) is 5.21. The maximum Gasteiger partial charge on any atom is 0.382 e. The van der Waals surface area contributed by atoms with Crippen LogP contribution in [0.3, 0.4) is 0 Å². The van der Waals surface area contributed by atoms with Crippen molar-refractivity contribution in [2.75, 3.05) is 6.61 Å². The lowest BCUT2D eigenvalue weighted by atomic mass is 10.2. The van der Waals surface area contributed by atoms with Gasteiger partial charge < -0.3 is 19.0 Å². The summed E-state index contributed by atoms with van der Waals surface area (Å²) < 4.78 is 16.5. The lowest BCUT2D eigenvalue weighted by molar-refractivity contribution is 0.240. The molecule has 0 atom stereocenters. The molecule has 0 saturated heterocycles. The number of ether oxygens (including phenoxy) is 2. The van der Waals surface area contributed by atoms with Gasteiger partial charge in [0.25, 0.3) is 0 Å². The van der Waals surface area contributed by atoms with Crippen LogP contribution in [0.15, 0.2) is 39.6 Å². The van der Waals surface area contributed by atoms with Gasteiger partial charge in [-0.3, -0.25) is 0 Å². The summed E-state index contributed by atoms with van der Waals surface area (Å²) in [4.78, 5) is 11.9. The Balaban J connectivity index is 2.40. The molecule has 23 heavy (non-hydrogen) atoms. The number of allylic oxidation sites excluding steroid dienone is 1. The van der Waals surface area contributed by atoms with E-state index in [1.165, 1.54) is 0 Å². The van der Waals surface area contributed by atoms with Gasteiger partial charge in [0.2, 0.25) is 5.75 Å². The average Bonchev–Trinajstić information content (AvgIpc) is 2.51. The van der Waals surface area contributed by atoms with E-state index in [1.807, 2.05) is 26.0 Å². The highest BCUT2D eigenvalue weighted by Crippen LogP contribution is 2.36. The Bertz CT molecular complexity index is 743. The van der Waals surface area contributed by atoms with E-state index in [9.17, 15) is 9.90 Å². The highest BCUT2D eigenvalue weighted by Gasteiger charge is 2.18. The summed E-state index contributed by atoms with van der Waals surface area (Å²) in [7, 11) is 0. The molecule has 0 bridgehead atoms. The van der Waals surface area contributed by atoms with Gasteiger partial charge in [0.05, 0.1) is 18.1 Å². The Labute approximate surface area is 135 Å². The van der Waals surface area contributed by atoms with Gasteiger partial charge in [-0.1, -0.05) is 25.1 Å². The second-order valence-electron chi connectivity index (χ2n) is 5.38. The van der Waals surface area contributed by atoms with Gasteiger partial charge in [0.1, 0.15) is 0 Å². The number of aromatic hydroxyl groups is 1. The van der Waals surface area contributed by atoms with Crippen molar-refractivity contribution < 1.29 is 19.0 Å². The minimum Gasteiger partial charge on any atom is -0.499 e. The van der Waals surface area contributed by atoms with Crippen molar-refractivity contribution in [1.29, 1.82) is 0 Å². The van der Waals surface area contributed by atoms with E-state index in [2.05, 4.69) is 6.92 Å². The van der Waals surface area contributed by atoms with Crippen LogP contribution in [0, 0.1) is 0 Å². The Morgan fingerprint density at radius 3 is 2.78 bits per heavy atom. The fraction of sp³-hybridized carbons (Fsp3) is 0.389. The summed E-state index contributed by atoms with van der Waals surface area (Å²) in [6.45, 7) is 6.18. The maximum atomic E-state index is 11.9. The van der Waals surface area contributed by atoms with Crippen LogP contribution >= 0.6 is 0 Å². The van der Waals surface area contributed by atoms with Crippen LogP contribution in [0.25, 0.3) is 11.0 Å². The number of hydrogen-bond acceptors (Lipinski definition) is 5. The van der Waals surface area contributed by atoms with E-state index in [4.69, 9.17) is 13.9 Å². The molecule has 124 valence electrons. The first-order chi connectivity index (χ1) is 11.0. The van der Waals surface area contributed by atoms with Crippen LogP contribution in [-0.2, 0) is 0 Å². The van der Waals surface area contributed by atoms with Gasteiger partial charge in [0, 0.05) is 0 Å². The van der Waals surface area contributed by atoms with Crippen LogP contribution < -0.4 is 15.1 Å². The first kappa shape index (κ1) is 16.9. The smallest absolute Gasteiger partial charge is 0.382 e. The van der Waals surface area contributed by atoms with E-state index < -0.39 is 11.4 Å². The van der Waals surface area contributed by atoms with Gasteiger partial charge in [-0.15, -0.1) is 0 Å². The van der Waals surface area contributed by atoms with E-state index in [0.29, 0.717) is 24.2 Å². The van der Waals surface area contributed by atoms with Crippen molar-refractivity contribution >= 4 is 11.0 Å². The molecule has 0 fully saturated rings. The van der Waals surface area contributed by atoms with Gasteiger partial charge in [-0.2, -0.15) is 0 Å². The first-order valence-corrected chi connectivity index (χ1v) is 7.77. The molecule has 0 amide bonds. The molecular weight excluding hydrogens is 296 g/mol. The third kappa shape index (κ3) is 4.06. The van der Waals surface area contributed by atoms with E-state index in [1.54, 1.807) is 18.2 Å². The number of fused-ring (bicyclic) bond motifs is 1. The zero-order chi connectivity index (χ0) is 16.8. The highest BCUT2D eigenvalue weighted by molar-refractivity contribution is 5.89. The minimum absolute atomic E-state index is 0.0664. The molecule has 0 aliphatic heterocycles. The molecule has 0 aliphatic carbocycles. The number of hydrogen-bond donors (Lipinski definition) is 1. The van der Waals surface area contributed by atoms with Gasteiger partial charge in [-0.25, -0.2) is 4.79 Å².